The average molecular weight is 469 g/mol. The molecule has 0 spiro atoms. The monoisotopic (exact) mass is 468 g/mol. The Hall–Kier alpha value is -3.13. The van der Waals surface area contributed by atoms with E-state index < -0.39 is 17.0 Å². The van der Waals surface area contributed by atoms with Gasteiger partial charge in [-0.1, -0.05) is 31.5 Å². The maximum atomic E-state index is 13.4. The first kappa shape index (κ1) is 25.5. The number of amides is 1. The van der Waals surface area contributed by atoms with Crippen LogP contribution in [-0.4, -0.2) is 56.2 Å². The standard InChI is InChI=1S/C26H36N4O4/c1-6-7-16-34-23-22(25(33)29(14-15-31)18(2)3)27-21(28-24(23)32)17-26(4,5)30-13-12-19-10-8-9-11-20(19)30/h8-13,18,31H,6-7,14-17H2,1-5H3,(H,27,28,32). The summed E-state index contributed by atoms with van der Waals surface area (Å²) in [6.07, 6.45) is 4.08. The van der Waals surface area contributed by atoms with Crippen molar-refractivity contribution in [2.24, 2.45) is 0 Å². The second-order valence-electron chi connectivity index (χ2n) is 9.44. The van der Waals surface area contributed by atoms with E-state index in [0.717, 1.165) is 23.7 Å². The third kappa shape index (κ3) is 5.50. The molecule has 34 heavy (non-hydrogen) atoms. The number of ether oxygens (including phenoxy) is 1. The van der Waals surface area contributed by atoms with E-state index in [1.807, 2.05) is 39.1 Å². The van der Waals surface area contributed by atoms with Gasteiger partial charge in [-0.15, -0.1) is 0 Å². The number of carbonyl (C=O) groups excluding carboxylic acids is 1. The number of benzene rings is 1. The fraction of sp³-hybridized carbons (Fsp3) is 0.500. The van der Waals surface area contributed by atoms with E-state index in [-0.39, 0.29) is 30.6 Å². The molecular weight excluding hydrogens is 432 g/mol. The smallest absolute Gasteiger partial charge is 0.294 e. The summed E-state index contributed by atoms with van der Waals surface area (Å²) in [4.78, 5) is 35.4. The lowest BCUT2D eigenvalue weighted by Crippen LogP contribution is -2.41. The van der Waals surface area contributed by atoms with Crippen LogP contribution in [0.25, 0.3) is 10.9 Å². The molecule has 0 saturated carbocycles. The van der Waals surface area contributed by atoms with E-state index in [4.69, 9.17) is 4.74 Å². The summed E-state index contributed by atoms with van der Waals surface area (Å²) < 4.78 is 7.89. The number of H-pyrrole nitrogens is 1. The molecule has 3 rings (SSSR count). The van der Waals surface area contributed by atoms with Gasteiger partial charge in [0.2, 0.25) is 5.75 Å². The van der Waals surface area contributed by atoms with E-state index >= 15 is 0 Å². The third-order valence-electron chi connectivity index (χ3n) is 5.95. The Morgan fingerprint density at radius 3 is 2.68 bits per heavy atom. The van der Waals surface area contributed by atoms with Gasteiger partial charge in [-0.25, -0.2) is 4.98 Å². The predicted octanol–water partition coefficient (Wildman–Crippen LogP) is 3.72. The number of nitrogens with zero attached hydrogens (tertiary/aromatic N) is 3. The van der Waals surface area contributed by atoms with Crippen LogP contribution in [0, 0.1) is 0 Å². The summed E-state index contributed by atoms with van der Waals surface area (Å²) in [5.41, 5.74) is 0.183. The Labute approximate surface area is 200 Å². The molecule has 3 aromatic rings. The minimum Gasteiger partial charge on any atom is -0.486 e. The van der Waals surface area contributed by atoms with Crippen LogP contribution < -0.4 is 10.3 Å². The molecule has 0 bridgehead atoms. The quantitative estimate of drug-likeness (QED) is 0.418. The number of rotatable bonds is 11. The Morgan fingerprint density at radius 2 is 2.00 bits per heavy atom. The molecule has 0 aliphatic rings. The van der Waals surface area contributed by atoms with Crippen molar-refractivity contribution >= 4 is 16.8 Å². The molecule has 8 nitrogen and oxygen atoms in total. The summed E-state index contributed by atoms with van der Waals surface area (Å²) in [6.45, 7) is 10.2. The van der Waals surface area contributed by atoms with Gasteiger partial charge in [0, 0.05) is 36.3 Å². The van der Waals surface area contributed by atoms with E-state index in [1.54, 1.807) is 0 Å². The Morgan fingerprint density at radius 1 is 1.26 bits per heavy atom. The van der Waals surface area contributed by atoms with Crippen LogP contribution in [0.3, 0.4) is 0 Å². The molecule has 184 valence electrons. The van der Waals surface area contributed by atoms with Crippen LogP contribution >= 0.6 is 0 Å². The van der Waals surface area contributed by atoms with Crippen LogP contribution in [0.15, 0.2) is 41.3 Å². The normalized spacial score (nSPS) is 11.9. The molecule has 2 heterocycles. The van der Waals surface area contributed by atoms with Crippen molar-refractivity contribution in [3.8, 4) is 5.75 Å². The highest BCUT2D eigenvalue weighted by atomic mass is 16.5. The third-order valence-corrected chi connectivity index (χ3v) is 5.95. The van der Waals surface area contributed by atoms with E-state index in [9.17, 15) is 14.7 Å². The van der Waals surface area contributed by atoms with Gasteiger partial charge in [0.05, 0.1) is 13.2 Å². The lowest BCUT2D eigenvalue weighted by molar-refractivity contribution is 0.0653. The topological polar surface area (TPSA) is 100 Å². The van der Waals surface area contributed by atoms with Crippen LogP contribution in [0.5, 0.6) is 5.75 Å². The molecule has 2 N–H and O–H groups in total. The first-order chi connectivity index (χ1) is 16.2. The largest absolute Gasteiger partial charge is 0.486 e. The van der Waals surface area contributed by atoms with Gasteiger partial charge in [0.1, 0.15) is 5.82 Å². The van der Waals surface area contributed by atoms with Crippen molar-refractivity contribution in [1.82, 2.24) is 19.4 Å². The molecule has 2 aromatic heterocycles. The molecule has 0 unspecified atom stereocenters. The zero-order valence-electron chi connectivity index (χ0n) is 20.8. The molecule has 8 heteroatoms. The van der Waals surface area contributed by atoms with Crippen molar-refractivity contribution in [3.63, 3.8) is 0 Å². The zero-order valence-corrected chi connectivity index (χ0v) is 20.8. The molecule has 1 amide bonds. The molecule has 0 fully saturated rings. The van der Waals surface area contributed by atoms with E-state index in [0.29, 0.717) is 18.9 Å². The Bertz CT molecular complexity index is 1180. The second-order valence-corrected chi connectivity index (χ2v) is 9.44. The number of aliphatic hydroxyl groups is 1. The van der Waals surface area contributed by atoms with Crippen molar-refractivity contribution in [3.05, 3.63) is 58.4 Å². The first-order valence-corrected chi connectivity index (χ1v) is 11.9. The number of para-hydroxylation sites is 1. The number of hydrogen-bond donors (Lipinski definition) is 2. The van der Waals surface area contributed by atoms with Gasteiger partial charge in [-0.2, -0.15) is 0 Å². The highest BCUT2D eigenvalue weighted by Crippen LogP contribution is 2.27. The maximum absolute atomic E-state index is 13.4. The minimum atomic E-state index is -0.467. The summed E-state index contributed by atoms with van der Waals surface area (Å²) >= 11 is 0. The van der Waals surface area contributed by atoms with Crippen molar-refractivity contribution in [1.29, 1.82) is 0 Å². The SMILES string of the molecule is CCCCOc1c(C(=O)N(CCO)C(C)C)nc(CC(C)(C)n2ccc3ccccc32)[nH]c1=O. The highest BCUT2D eigenvalue weighted by Gasteiger charge is 2.29. The number of aromatic amines is 1. The number of nitrogens with one attached hydrogen (secondary N) is 1. The molecule has 1 aromatic carbocycles. The van der Waals surface area contributed by atoms with Gasteiger partial charge in [0.15, 0.2) is 5.69 Å². The Balaban J connectivity index is 2.02. The van der Waals surface area contributed by atoms with Gasteiger partial charge in [-0.05, 0) is 51.6 Å². The van der Waals surface area contributed by atoms with Crippen LogP contribution in [0.4, 0.5) is 0 Å². The van der Waals surface area contributed by atoms with Crippen LogP contribution in [-0.2, 0) is 12.0 Å². The average Bonchev–Trinajstić information content (AvgIpc) is 3.23. The molecule has 0 radical (unpaired) electrons. The number of hydrogen-bond acceptors (Lipinski definition) is 5. The van der Waals surface area contributed by atoms with Gasteiger partial charge in [-0.3, -0.25) is 9.59 Å². The molecular formula is C26H36N4O4. The second kappa shape index (κ2) is 10.9. The molecule has 0 saturated heterocycles. The summed E-state index contributed by atoms with van der Waals surface area (Å²) in [5, 5.41) is 10.6. The molecule has 0 aliphatic carbocycles. The summed E-state index contributed by atoms with van der Waals surface area (Å²) in [7, 11) is 0. The van der Waals surface area contributed by atoms with E-state index in [1.165, 1.54) is 4.90 Å². The lowest BCUT2D eigenvalue weighted by Gasteiger charge is -2.29. The van der Waals surface area contributed by atoms with Gasteiger partial charge < -0.3 is 24.3 Å². The Kier molecular flexibility index (Phi) is 8.15. The zero-order chi connectivity index (χ0) is 24.9. The van der Waals surface area contributed by atoms with Crippen molar-refractivity contribution < 1.29 is 14.6 Å². The van der Waals surface area contributed by atoms with Crippen LogP contribution in [0.2, 0.25) is 0 Å². The maximum Gasteiger partial charge on any atom is 0.294 e. The van der Waals surface area contributed by atoms with Crippen molar-refractivity contribution in [2.45, 2.75) is 65.5 Å². The predicted molar refractivity (Wildman–Crippen MR) is 133 cm³/mol. The fourth-order valence-corrected chi connectivity index (χ4v) is 4.13. The molecule has 0 atom stereocenters. The van der Waals surface area contributed by atoms with Crippen LogP contribution in [0.1, 0.15) is 63.8 Å². The van der Waals surface area contributed by atoms with E-state index in [2.05, 4.69) is 46.6 Å². The highest BCUT2D eigenvalue weighted by molar-refractivity contribution is 5.95. The summed E-state index contributed by atoms with van der Waals surface area (Å²) in [6, 6.07) is 10.00. The van der Waals surface area contributed by atoms with Gasteiger partial charge >= 0.3 is 0 Å². The fourth-order valence-electron chi connectivity index (χ4n) is 4.13. The summed E-state index contributed by atoms with van der Waals surface area (Å²) in [5.74, 6) is -0.0752. The van der Waals surface area contributed by atoms with Gasteiger partial charge in [0.25, 0.3) is 11.5 Å². The minimum absolute atomic E-state index is 0.00910. The first-order valence-electron chi connectivity index (χ1n) is 11.9. The molecule has 0 aliphatic heterocycles. The number of unbranched alkanes of at least 4 members (excludes halogenated alkanes) is 1. The lowest BCUT2D eigenvalue weighted by atomic mass is 9.99. The van der Waals surface area contributed by atoms with Crippen molar-refractivity contribution in [2.75, 3.05) is 19.8 Å². The number of aromatic nitrogens is 3. The number of fused-ring (bicyclic) bond motifs is 1. The number of aliphatic hydroxyl groups excluding tert-OH is 1. The number of carbonyl (C=O) groups is 1.